The number of methoxy groups -OCH3 is 2. The maximum Gasteiger partial charge on any atom is 0.222 e. The summed E-state index contributed by atoms with van der Waals surface area (Å²) in [5, 5.41) is 18.1. The summed E-state index contributed by atoms with van der Waals surface area (Å²) in [6.45, 7) is 4.21. The van der Waals surface area contributed by atoms with Crippen LogP contribution in [0.25, 0.3) is 27.5 Å². The second-order valence-corrected chi connectivity index (χ2v) is 10.7. The van der Waals surface area contributed by atoms with Gasteiger partial charge in [0.05, 0.1) is 38.4 Å². The van der Waals surface area contributed by atoms with Crippen molar-refractivity contribution < 1.29 is 14.6 Å². The quantitative estimate of drug-likeness (QED) is 0.170. The summed E-state index contributed by atoms with van der Waals surface area (Å²) in [5.41, 5.74) is 12.5. The van der Waals surface area contributed by atoms with E-state index in [0.717, 1.165) is 71.9 Å². The first kappa shape index (κ1) is 28.9. The molecule has 0 saturated carbocycles. The summed E-state index contributed by atoms with van der Waals surface area (Å²) in [6.07, 6.45) is 7.44. The van der Waals surface area contributed by atoms with E-state index in [-0.39, 0.29) is 18.6 Å². The zero-order chi connectivity index (χ0) is 28.8. The van der Waals surface area contributed by atoms with Gasteiger partial charge in [-0.15, -0.1) is 0 Å². The zero-order valence-electron chi connectivity index (χ0n) is 24.3. The number of aliphatic hydroxyl groups is 1. The average molecular weight is 559 g/mol. The predicted octanol–water partition coefficient (Wildman–Crippen LogP) is 4.97. The second kappa shape index (κ2) is 13.3. The Balaban J connectivity index is 1.58. The number of nitrogens with two attached hydrogens (primary N) is 1. The van der Waals surface area contributed by atoms with Gasteiger partial charge in [0.25, 0.3) is 0 Å². The fraction of sp³-hybridized carbons (Fsp3) is 0.438. The summed E-state index contributed by atoms with van der Waals surface area (Å²) in [7, 11) is 3.45. The van der Waals surface area contributed by atoms with Crippen molar-refractivity contribution in [3.63, 3.8) is 0 Å². The third-order valence-electron chi connectivity index (χ3n) is 7.88. The van der Waals surface area contributed by atoms with Gasteiger partial charge in [0.1, 0.15) is 16.8 Å². The average Bonchev–Trinajstić information content (AvgIpc) is 3.30. The molecular weight excluding hydrogens is 516 g/mol. The highest BCUT2D eigenvalue weighted by molar-refractivity contribution is 6.09. The van der Waals surface area contributed by atoms with Gasteiger partial charge < -0.3 is 35.5 Å². The minimum absolute atomic E-state index is 0.00572. The van der Waals surface area contributed by atoms with Crippen molar-refractivity contribution in [3.8, 4) is 5.75 Å². The summed E-state index contributed by atoms with van der Waals surface area (Å²) >= 11 is 0. The first-order chi connectivity index (χ1) is 20.1. The van der Waals surface area contributed by atoms with Crippen molar-refractivity contribution in [1.29, 1.82) is 0 Å². The van der Waals surface area contributed by atoms with Crippen LogP contribution >= 0.6 is 0 Å². The number of nitrogens with zero attached hydrogens (tertiary/aromatic N) is 3. The number of rotatable bonds is 13. The molecule has 1 aliphatic carbocycles. The zero-order valence-corrected chi connectivity index (χ0v) is 24.3. The number of nitrogens with one attached hydrogen (secondary N) is 2. The van der Waals surface area contributed by atoms with Gasteiger partial charge in [-0.05, 0) is 55.0 Å². The van der Waals surface area contributed by atoms with Crippen LogP contribution in [0.2, 0.25) is 0 Å². The molecule has 218 valence electrons. The highest BCUT2D eigenvalue weighted by Gasteiger charge is 2.21. The number of allylic oxidation sites excluding steroid dienone is 1. The van der Waals surface area contributed by atoms with Crippen molar-refractivity contribution in [3.05, 3.63) is 59.7 Å². The summed E-state index contributed by atoms with van der Waals surface area (Å²) < 4.78 is 13.3. The van der Waals surface area contributed by atoms with Crippen LogP contribution in [0.15, 0.2) is 48.5 Å². The molecule has 5 N–H and O–H groups in total. The topological polar surface area (TPSA) is 119 Å². The van der Waals surface area contributed by atoms with Crippen LogP contribution in [0.5, 0.6) is 5.75 Å². The maximum atomic E-state index is 10.0. The normalized spacial score (nSPS) is 16.2. The van der Waals surface area contributed by atoms with E-state index in [1.165, 1.54) is 11.1 Å². The third kappa shape index (κ3) is 6.32. The van der Waals surface area contributed by atoms with E-state index in [0.29, 0.717) is 25.0 Å². The van der Waals surface area contributed by atoms with Crippen LogP contribution in [-0.2, 0) is 11.3 Å². The Morgan fingerprint density at radius 2 is 2.02 bits per heavy atom. The molecule has 2 aromatic heterocycles. The second-order valence-electron chi connectivity index (χ2n) is 10.7. The van der Waals surface area contributed by atoms with Gasteiger partial charge in [-0.3, -0.25) is 0 Å². The van der Waals surface area contributed by atoms with Crippen LogP contribution in [0.4, 0.5) is 11.8 Å². The molecule has 0 bridgehead atoms. The van der Waals surface area contributed by atoms with Gasteiger partial charge in [0.15, 0.2) is 5.82 Å². The summed E-state index contributed by atoms with van der Waals surface area (Å²) in [4.78, 5) is 9.27. The fourth-order valence-corrected chi connectivity index (χ4v) is 5.90. The largest absolute Gasteiger partial charge is 0.496 e. The van der Waals surface area contributed by atoms with E-state index >= 15 is 0 Å². The first-order valence-electron chi connectivity index (χ1n) is 14.6. The van der Waals surface area contributed by atoms with Crippen LogP contribution in [-0.4, -0.2) is 65.7 Å². The van der Waals surface area contributed by atoms with E-state index in [1.807, 2.05) is 12.1 Å². The van der Waals surface area contributed by atoms with E-state index in [1.54, 1.807) is 14.2 Å². The molecule has 9 heteroatoms. The van der Waals surface area contributed by atoms with Crippen LogP contribution in [0.3, 0.4) is 0 Å². The van der Waals surface area contributed by atoms with Gasteiger partial charge >= 0.3 is 0 Å². The monoisotopic (exact) mass is 558 g/mol. The lowest BCUT2D eigenvalue weighted by molar-refractivity contribution is 0.197. The van der Waals surface area contributed by atoms with Crippen molar-refractivity contribution in [1.82, 2.24) is 19.9 Å². The lowest BCUT2D eigenvalue weighted by Gasteiger charge is -2.23. The molecule has 0 aliphatic heterocycles. The smallest absolute Gasteiger partial charge is 0.222 e. The van der Waals surface area contributed by atoms with E-state index < -0.39 is 0 Å². The van der Waals surface area contributed by atoms with Gasteiger partial charge in [-0.1, -0.05) is 43.7 Å². The number of fused-ring (bicyclic) bond motifs is 3. The Kier molecular flexibility index (Phi) is 9.38. The van der Waals surface area contributed by atoms with Gasteiger partial charge in [-0.25, -0.2) is 4.98 Å². The molecule has 9 nitrogen and oxygen atoms in total. The Morgan fingerprint density at radius 1 is 1.17 bits per heavy atom. The van der Waals surface area contributed by atoms with Gasteiger partial charge in [0, 0.05) is 30.6 Å². The molecule has 2 atom stereocenters. The first-order valence-corrected chi connectivity index (χ1v) is 14.6. The number of anilines is 2. The molecule has 2 heterocycles. The lowest BCUT2D eigenvalue weighted by Crippen LogP contribution is -2.31. The molecule has 0 spiro atoms. The number of ether oxygens (including phenoxy) is 2. The Hall–Kier alpha value is -3.66. The van der Waals surface area contributed by atoms with Crippen molar-refractivity contribution >= 4 is 39.3 Å². The molecule has 4 aromatic rings. The molecule has 0 saturated heterocycles. The molecule has 1 unspecified atom stereocenters. The number of aromatic nitrogens is 3. The molecule has 0 amide bonds. The Bertz CT molecular complexity index is 1510. The minimum Gasteiger partial charge on any atom is -0.496 e. The van der Waals surface area contributed by atoms with Crippen LogP contribution < -0.4 is 21.1 Å². The Labute approximate surface area is 241 Å². The minimum atomic E-state index is -0.134. The fourth-order valence-electron chi connectivity index (χ4n) is 5.90. The highest BCUT2D eigenvalue weighted by Crippen LogP contribution is 2.36. The number of nitrogen functional groups attached to an aromatic ring is 1. The molecule has 0 fully saturated rings. The molecule has 1 aliphatic rings. The maximum absolute atomic E-state index is 10.0. The molecule has 5 rings (SSSR count). The van der Waals surface area contributed by atoms with Crippen molar-refractivity contribution in [2.24, 2.45) is 0 Å². The van der Waals surface area contributed by atoms with Crippen molar-refractivity contribution in [2.75, 3.05) is 45.0 Å². The molecular formula is C32H42N6O3. The van der Waals surface area contributed by atoms with E-state index in [4.69, 9.17) is 15.2 Å². The standard InChI is InChI=1S/C32H42N6O3/c1-4-8-25(20-39)35-31-30-29(36-32(33)37-31)26-11-5-6-12-27(26)38(30)19-23-17-22(13-14-28(23)41-3)21-9-7-10-24(18-21)34-15-16-40-2/h5-6,11-14,17-18,24-25,34,39H,4,7-10,15-16,19-20H2,1-3H3,(H3,33,35,36,37)/t24?,25-/m0/s1. The highest BCUT2D eigenvalue weighted by atomic mass is 16.5. The van der Waals surface area contributed by atoms with Gasteiger partial charge in [0.2, 0.25) is 5.95 Å². The van der Waals surface area contributed by atoms with Crippen molar-refractivity contribution in [2.45, 2.75) is 57.7 Å². The third-order valence-corrected chi connectivity index (χ3v) is 7.88. The van der Waals surface area contributed by atoms with E-state index in [9.17, 15) is 5.11 Å². The van der Waals surface area contributed by atoms with Crippen LogP contribution in [0.1, 0.15) is 50.2 Å². The number of hydrogen-bond donors (Lipinski definition) is 4. The number of benzene rings is 2. The van der Waals surface area contributed by atoms with Crippen LogP contribution in [0, 0.1) is 0 Å². The molecule has 0 radical (unpaired) electrons. The molecule has 41 heavy (non-hydrogen) atoms. The predicted molar refractivity (Wildman–Crippen MR) is 166 cm³/mol. The summed E-state index contributed by atoms with van der Waals surface area (Å²) in [5.74, 6) is 1.66. The number of aliphatic hydroxyl groups excluding tert-OH is 1. The van der Waals surface area contributed by atoms with E-state index in [2.05, 4.69) is 68.5 Å². The van der Waals surface area contributed by atoms with Gasteiger partial charge in [-0.2, -0.15) is 4.98 Å². The lowest BCUT2D eigenvalue weighted by atomic mass is 9.90. The SMILES string of the molecule is CCC[C@@H](CO)Nc1nc(N)nc2c3ccccc3n(Cc3cc(C4=CC(NCCOC)CCC4)ccc3OC)c12. The number of hydrogen-bond acceptors (Lipinski definition) is 8. The number of para-hydroxylation sites is 1. The molecule has 2 aromatic carbocycles. The summed E-state index contributed by atoms with van der Waals surface area (Å²) in [6, 6.07) is 14.9. The Morgan fingerprint density at radius 3 is 2.80 bits per heavy atom.